The maximum absolute atomic E-state index is 5.60. The molecular formula is C17H20N2O. The van der Waals surface area contributed by atoms with Gasteiger partial charge in [-0.2, -0.15) is 0 Å². The molecule has 2 aliphatic heterocycles. The van der Waals surface area contributed by atoms with Crippen molar-refractivity contribution in [1.82, 2.24) is 10.2 Å². The first-order valence-electron chi connectivity index (χ1n) is 7.41. The molecule has 0 amide bonds. The highest BCUT2D eigenvalue weighted by atomic mass is 16.5. The smallest absolute Gasteiger partial charge is 0.0934 e. The summed E-state index contributed by atoms with van der Waals surface area (Å²) in [6.45, 7) is 6.02. The molecule has 2 saturated heterocycles. The minimum atomic E-state index is 0.103. The fraction of sp³-hybridized carbons (Fsp3) is 0.412. The quantitative estimate of drug-likeness (QED) is 0.901. The highest BCUT2D eigenvalue weighted by Gasteiger charge is 2.45. The van der Waals surface area contributed by atoms with Gasteiger partial charge in [0.15, 0.2) is 0 Å². The molecule has 2 fully saturated rings. The van der Waals surface area contributed by atoms with Gasteiger partial charge in [0.25, 0.3) is 0 Å². The van der Waals surface area contributed by atoms with Gasteiger partial charge in [-0.1, -0.05) is 36.4 Å². The Hall–Kier alpha value is -1.42. The van der Waals surface area contributed by atoms with E-state index in [1.54, 1.807) is 0 Å². The van der Waals surface area contributed by atoms with Crippen molar-refractivity contribution in [2.75, 3.05) is 39.4 Å². The molecular weight excluding hydrogens is 248 g/mol. The minimum Gasteiger partial charge on any atom is -0.377 e. The molecule has 2 heterocycles. The van der Waals surface area contributed by atoms with Crippen molar-refractivity contribution in [2.45, 2.75) is 5.54 Å². The number of nitrogens with one attached hydrogen (secondary N) is 1. The van der Waals surface area contributed by atoms with Crippen molar-refractivity contribution >= 4 is 10.8 Å². The molecule has 1 N–H and O–H groups in total. The van der Waals surface area contributed by atoms with Gasteiger partial charge in [-0.25, -0.2) is 0 Å². The Labute approximate surface area is 119 Å². The van der Waals surface area contributed by atoms with Crippen LogP contribution in [0, 0.1) is 0 Å². The molecule has 20 heavy (non-hydrogen) atoms. The summed E-state index contributed by atoms with van der Waals surface area (Å²) in [6, 6.07) is 15.5. The van der Waals surface area contributed by atoms with Crippen molar-refractivity contribution in [1.29, 1.82) is 0 Å². The Morgan fingerprint density at radius 3 is 2.40 bits per heavy atom. The summed E-state index contributed by atoms with van der Waals surface area (Å²) in [4.78, 5) is 2.59. The maximum Gasteiger partial charge on any atom is 0.0934 e. The van der Waals surface area contributed by atoms with E-state index >= 15 is 0 Å². The summed E-state index contributed by atoms with van der Waals surface area (Å²) in [6.07, 6.45) is 0. The zero-order valence-electron chi connectivity index (χ0n) is 11.6. The summed E-state index contributed by atoms with van der Waals surface area (Å²) in [5, 5.41) is 6.07. The predicted molar refractivity (Wildman–Crippen MR) is 80.9 cm³/mol. The van der Waals surface area contributed by atoms with Crippen LogP contribution in [0.3, 0.4) is 0 Å². The zero-order valence-corrected chi connectivity index (χ0v) is 11.6. The van der Waals surface area contributed by atoms with Crippen LogP contribution in [-0.2, 0) is 10.3 Å². The Kier molecular flexibility index (Phi) is 2.99. The summed E-state index contributed by atoms with van der Waals surface area (Å²) in [7, 11) is 0. The molecule has 2 aliphatic rings. The molecule has 3 nitrogen and oxygen atoms in total. The molecule has 0 atom stereocenters. The van der Waals surface area contributed by atoms with E-state index in [0.717, 1.165) is 39.4 Å². The van der Waals surface area contributed by atoms with Gasteiger partial charge in [0, 0.05) is 26.2 Å². The standard InChI is InChI=1S/C17H20N2O/c1-2-4-15-11-16(6-5-14(15)3-1)17(12-20-13-17)19-9-7-18-8-10-19/h1-6,11,18H,7-10,12-13H2. The third-order valence-electron chi connectivity index (χ3n) is 4.69. The van der Waals surface area contributed by atoms with Gasteiger partial charge < -0.3 is 10.1 Å². The first-order valence-corrected chi connectivity index (χ1v) is 7.41. The highest BCUT2D eigenvalue weighted by molar-refractivity contribution is 5.83. The molecule has 104 valence electrons. The van der Waals surface area contributed by atoms with Crippen LogP contribution in [0.1, 0.15) is 5.56 Å². The normalized spacial score (nSPS) is 22.6. The van der Waals surface area contributed by atoms with Gasteiger partial charge in [0.05, 0.1) is 18.8 Å². The largest absolute Gasteiger partial charge is 0.377 e. The molecule has 3 heteroatoms. The van der Waals surface area contributed by atoms with E-state index < -0.39 is 0 Å². The Bertz CT molecular complexity index is 615. The monoisotopic (exact) mass is 268 g/mol. The van der Waals surface area contributed by atoms with Crippen molar-refractivity contribution in [3.8, 4) is 0 Å². The van der Waals surface area contributed by atoms with E-state index in [-0.39, 0.29) is 5.54 Å². The van der Waals surface area contributed by atoms with Crippen molar-refractivity contribution in [3.05, 3.63) is 48.0 Å². The van der Waals surface area contributed by atoms with Gasteiger partial charge in [-0.3, -0.25) is 4.90 Å². The summed E-state index contributed by atoms with van der Waals surface area (Å²) < 4.78 is 5.60. The first-order chi connectivity index (χ1) is 9.88. The van der Waals surface area contributed by atoms with Crippen molar-refractivity contribution in [3.63, 3.8) is 0 Å². The first kappa shape index (κ1) is 12.3. The summed E-state index contributed by atoms with van der Waals surface area (Å²) in [5.74, 6) is 0. The van der Waals surface area contributed by atoms with Gasteiger partial charge in [-0.15, -0.1) is 0 Å². The second-order valence-corrected chi connectivity index (χ2v) is 5.82. The number of benzene rings is 2. The second-order valence-electron chi connectivity index (χ2n) is 5.82. The summed E-state index contributed by atoms with van der Waals surface area (Å²) in [5.41, 5.74) is 1.51. The molecule has 2 aromatic carbocycles. The predicted octanol–water partition coefficient (Wildman–Crippen LogP) is 1.97. The van der Waals surface area contributed by atoms with E-state index in [1.165, 1.54) is 16.3 Å². The van der Waals surface area contributed by atoms with E-state index in [9.17, 15) is 0 Å². The maximum atomic E-state index is 5.60. The Balaban J connectivity index is 1.75. The van der Waals surface area contributed by atoms with Gasteiger partial charge in [0.2, 0.25) is 0 Å². The minimum absolute atomic E-state index is 0.103. The molecule has 0 radical (unpaired) electrons. The SMILES string of the molecule is c1ccc2cc(C3(N4CCNCC4)COC3)ccc2c1. The van der Waals surface area contributed by atoms with Gasteiger partial charge in [0.1, 0.15) is 0 Å². The Morgan fingerprint density at radius 1 is 0.950 bits per heavy atom. The summed E-state index contributed by atoms with van der Waals surface area (Å²) >= 11 is 0. The van der Waals surface area contributed by atoms with Crippen LogP contribution in [-0.4, -0.2) is 44.3 Å². The van der Waals surface area contributed by atoms with Crippen LogP contribution in [0.15, 0.2) is 42.5 Å². The number of fused-ring (bicyclic) bond motifs is 1. The van der Waals surface area contributed by atoms with Crippen LogP contribution >= 0.6 is 0 Å². The van der Waals surface area contributed by atoms with E-state index in [4.69, 9.17) is 4.74 Å². The van der Waals surface area contributed by atoms with E-state index in [1.807, 2.05) is 0 Å². The second kappa shape index (κ2) is 4.85. The molecule has 0 saturated carbocycles. The van der Waals surface area contributed by atoms with E-state index in [2.05, 4.69) is 52.7 Å². The average Bonchev–Trinajstić information content (AvgIpc) is 2.47. The third-order valence-corrected chi connectivity index (χ3v) is 4.69. The van der Waals surface area contributed by atoms with Crippen LogP contribution in [0.5, 0.6) is 0 Å². The van der Waals surface area contributed by atoms with Crippen molar-refractivity contribution in [2.24, 2.45) is 0 Å². The number of ether oxygens (including phenoxy) is 1. The third kappa shape index (κ3) is 1.85. The molecule has 4 rings (SSSR count). The zero-order chi connectivity index (χ0) is 13.4. The lowest BCUT2D eigenvalue weighted by atomic mass is 9.84. The number of hydrogen-bond acceptors (Lipinski definition) is 3. The lowest BCUT2D eigenvalue weighted by molar-refractivity contribution is -0.149. The highest BCUT2D eigenvalue weighted by Crippen LogP contribution is 2.37. The Morgan fingerprint density at radius 2 is 1.70 bits per heavy atom. The van der Waals surface area contributed by atoms with Crippen LogP contribution in [0.4, 0.5) is 0 Å². The lowest BCUT2D eigenvalue weighted by Gasteiger charge is -2.51. The molecule has 0 bridgehead atoms. The average molecular weight is 268 g/mol. The molecule has 0 aromatic heterocycles. The molecule has 0 unspecified atom stereocenters. The van der Waals surface area contributed by atoms with E-state index in [0.29, 0.717) is 0 Å². The number of rotatable bonds is 2. The van der Waals surface area contributed by atoms with Crippen LogP contribution in [0.25, 0.3) is 10.8 Å². The number of nitrogens with zero attached hydrogens (tertiary/aromatic N) is 1. The van der Waals surface area contributed by atoms with Gasteiger partial charge in [-0.05, 0) is 22.4 Å². The number of piperazine rings is 1. The fourth-order valence-electron chi connectivity index (χ4n) is 3.40. The fourth-order valence-corrected chi connectivity index (χ4v) is 3.40. The molecule has 2 aromatic rings. The lowest BCUT2D eigenvalue weighted by Crippen LogP contribution is -2.63. The topological polar surface area (TPSA) is 24.5 Å². The van der Waals surface area contributed by atoms with Crippen LogP contribution in [0.2, 0.25) is 0 Å². The molecule has 0 spiro atoms. The van der Waals surface area contributed by atoms with Gasteiger partial charge >= 0.3 is 0 Å². The molecule has 0 aliphatic carbocycles. The van der Waals surface area contributed by atoms with Crippen LogP contribution < -0.4 is 5.32 Å². The number of hydrogen-bond donors (Lipinski definition) is 1. The van der Waals surface area contributed by atoms with Crippen molar-refractivity contribution < 1.29 is 4.74 Å².